The second kappa shape index (κ2) is 5.93. The average molecular weight is 264 g/mol. The molecule has 1 atom stereocenters. The summed E-state index contributed by atoms with van der Waals surface area (Å²) in [5.41, 5.74) is 0.592. The van der Waals surface area contributed by atoms with Gasteiger partial charge >= 0.3 is 0 Å². The molecule has 0 saturated carbocycles. The fourth-order valence-electron chi connectivity index (χ4n) is 2.32. The Morgan fingerprint density at radius 3 is 2.74 bits per heavy atom. The molecule has 1 amide bonds. The van der Waals surface area contributed by atoms with Crippen molar-refractivity contribution in [3.8, 4) is 11.5 Å². The minimum atomic E-state index is -0.196. The number of nitrogens with zero attached hydrogens (tertiary/aromatic N) is 1. The van der Waals surface area contributed by atoms with E-state index in [1.165, 1.54) is 18.2 Å². The summed E-state index contributed by atoms with van der Waals surface area (Å²) in [7, 11) is 0. The smallest absolute Gasteiger partial charge is 0.236 e. The van der Waals surface area contributed by atoms with Crippen LogP contribution in [0.15, 0.2) is 18.2 Å². The summed E-state index contributed by atoms with van der Waals surface area (Å²) < 4.78 is 0. The van der Waals surface area contributed by atoms with Gasteiger partial charge < -0.3 is 20.4 Å². The largest absolute Gasteiger partial charge is 0.508 e. The second-order valence-corrected chi connectivity index (χ2v) is 4.93. The van der Waals surface area contributed by atoms with Crippen LogP contribution in [0.5, 0.6) is 11.5 Å². The molecule has 3 N–H and O–H groups in total. The van der Waals surface area contributed by atoms with Crippen molar-refractivity contribution < 1.29 is 15.0 Å². The third-order valence-corrected chi connectivity index (χ3v) is 3.50. The molecule has 0 radical (unpaired) electrons. The number of carbonyl (C=O) groups excluding carboxylic acids is 1. The van der Waals surface area contributed by atoms with E-state index in [-0.39, 0.29) is 30.0 Å². The lowest BCUT2D eigenvalue weighted by Crippen LogP contribution is -2.37. The van der Waals surface area contributed by atoms with Crippen LogP contribution in [-0.2, 0) is 4.79 Å². The monoisotopic (exact) mass is 264 g/mol. The van der Waals surface area contributed by atoms with Crippen LogP contribution in [0.1, 0.15) is 31.4 Å². The topological polar surface area (TPSA) is 72.8 Å². The number of rotatable bonds is 4. The fourth-order valence-corrected chi connectivity index (χ4v) is 2.32. The molecule has 5 nitrogen and oxygen atoms in total. The molecule has 0 aliphatic carbocycles. The van der Waals surface area contributed by atoms with E-state index in [1.807, 2.05) is 11.8 Å². The maximum absolute atomic E-state index is 11.9. The molecule has 5 heteroatoms. The summed E-state index contributed by atoms with van der Waals surface area (Å²) in [6.45, 7) is 3.78. The number of amides is 1. The van der Waals surface area contributed by atoms with Gasteiger partial charge in [-0.3, -0.25) is 4.79 Å². The minimum absolute atomic E-state index is 0.0870. The molecule has 1 heterocycles. The molecule has 2 rings (SSSR count). The van der Waals surface area contributed by atoms with Crippen LogP contribution in [0.25, 0.3) is 0 Å². The first kappa shape index (κ1) is 13.7. The SMILES string of the molecule is CC(NCC(=O)N1CCCC1)c1cc(O)ccc1O. The van der Waals surface area contributed by atoms with E-state index < -0.39 is 0 Å². The third-order valence-electron chi connectivity index (χ3n) is 3.50. The molecule has 0 aromatic heterocycles. The molecule has 1 saturated heterocycles. The molecular formula is C14H20N2O3. The predicted octanol–water partition coefficient (Wildman–Crippen LogP) is 1.37. The van der Waals surface area contributed by atoms with Gasteiger partial charge in [0, 0.05) is 24.7 Å². The van der Waals surface area contributed by atoms with E-state index in [0.717, 1.165) is 25.9 Å². The number of likely N-dealkylation sites (tertiary alicyclic amines) is 1. The van der Waals surface area contributed by atoms with Crippen molar-refractivity contribution in [2.75, 3.05) is 19.6 Å². The second-order valence-electron chi connectivity index (χ2n) is 4.93. The van der Waals surface area contributed by atoms with E-state index in [9.17, 15) is 15.0 Å². The lowest BCUT2D eigenvalue weighted by Gasteiger charge is -2.19. The molecular weight excluding hydrogens is 244 g/mol. The summed E-state index contributed by atoms with van der Waals surface area (Å²) in [5.74, 6) is 0.308. The molecule has 1 aliphatic heterocycles. The maximum atomic E-state index is 11.9. The first-order valence-electron chi connectivity index (χ1n) is 6.61. The highest BCUT2D eigenvalue weighted by molar-refractivity contribution is 5.78. The van der Waals surface area contributed by atoms with Crippen LogP contribution in [-0.4, -0.2) is 40.7 Å². The molecule has 1 fully saturated rings. The Balaban J connectivity index is 1.91. The average Bonchev–Trinajstić information content (AvgIpc) is 2.92. The van der Waals surface area contributed by atoms with E-state index in [4.69, 9.17) is 0 Å². The molecule has 1 aromatic carbocycles. The Kier molecular flexibility index (Phi) is 4.27. The number of nitrogens with one attached hydrogen (secondary N) is 1. The number of carbonyl (C=O) groups is 1. The van der Waals surface area contributed by atoms with Gasteiger partial charge in [0.05, 0.1) is 6.54 Å². The Bertz CT molecular complexity index is 456. The molecule has 1 aromatic rings. The number of aromatic hydroxyl groups is 2. The van der Waals surface area contributed by atoms with Crippen LogP contribution >= 0.6 is 0 Å². The number of hydrogen-bond donors (Lipinski definition) is 3. The van der Waals surface area contributed by atoms with Gasteiger partial charge in [-0.2, -0.15) is 0 Å². The molecule has 19 heavy (non-hydrogen) atoms. The van der Waals surface area contributed by atoms with Crippen molar-refractivity contribution in [1.82, 2.24) is 10.2 Å². The Hall–Kier alpha value is -1.75. The molecule has 0 spiro atoms. The maximum Gasteiger partial charge on any atom is 0.236 e. The fraction of sp³-hybridized carbons (Fsp3) is 0.500. The summed E-state index contributed by atoms with van der Waals surface area (Å²) in [4.78, 5) is 13.7. The number of benzene rings is 1. The third kappa shape index (κ3) is 3.38. The van der Waals surface area contributed by atoms with E-state index in [1.54, 1.807) is 0 Å². The number of phenolic OH excluding ortho intramolecular Hbond substituents is 2. The predicted molar refractivity (Wildman–Crippen MR) is 72.0 cm³/mol. The van der Waals surface area contributed by atoms with Crippen molar-refractivity contribution in [2.24, 2.45) is 0 Å². The van der Waals surface area contributed by atoms with Gasteiger partial charge in [-0.25, -0.2) is 0 Å². The molecule has 0 bridgehead atoms. The standard InChI is InChI=1S/C14H20N2O3/c1-10(12-8-11(17)4-5-13(12)18)15-9-14(19)16-6-2-3-7-16/h4-5,8,10,15,17-18H,2-3,6-7,9H2,1H3. The highest BCUT2D eigenvalue weighted by Gasteiger charge is 2.19. The van der Waals surface area contributed by atoms with Crippen molar-refractivity contribution in [2.45, 2.75) is 25.8 Å². The Morgan fingerprint density at radius 1 is 1.37 bits per heavy atom. The Morgan fingerprint density at radius 2 is 2.05 bits per heavy atom. The van der Waals surface area contributed by atoms with Crippen molar-refractivity contribution >= 4 is 5.91 Å². The van der Waals surface area contributed by atoms with E-state index >= 15 is 0 Å². The molecule has 1 unspecified atom stereocenters. The quantitative estimate of drug-likeness (QED) is 0.718. The zero-order valence-corrected chi connectivity index (χ0v) is 11.1. The summed E-state index contributed by atoms with van der Waals surface area (Å²) >= 11 is 0. The lowest BCUT2D eigenvalue weighted by atomic mass is 10.1. The van der Waals surface area contributed by atoms with E-state index in [0.29, 0.717) is 5.56 Å². The lowest BCUT2D eigenvalue weighted by molar-refractivity contribution is -0.129. The summed E-state index contributed by atoms with van der Waals surface area (Å²) in [6, 6.07) is 4.19. The van der Waals surface area contributed by atoms with Crippen LogP contribution in [0.3, 0.4) is 0 Å². The van der Waals surface area contributed by atoms with Crippen LogP contribution < -0.4 is 5.32 Å². The van der Waals surface area contributed by atoms with Crippen molar-refractivity contribution in [1.29, 1.82) is 0 Å². The van der Waals surface area contributed by atoms with Crippen LogP contribution in [0.2, 0.25) is 0 Å². The van der Waals surface area contributed by atoms with Crippen LogP contribution in [0.4, 0.5) is 0 Å². The summed E-state index contributed by atoms with van der Waals surface area (Å²) in [6.07, 6.45) is 2.16. The first-order chi connectivity index (χ1) is 9.08. The minimum Gasteiger partial charge on any atom is -0.508 e. The van der Waals surface area contributed by atoms with Gasteiger partial charge in [0.25, 0.3) is 0 Å². The van der Waals surface area contributed by atoms with Gasteiger partial charge in [-0.1, -0.05) is 0 Å². The van der Waals surface area contributed by atoms with Gasteiger partial charge in [0.1, 0.15) is 11.5 Å². The molecule has 1 aliphatic rings. The zero-order valence-electron chi connectivity index (χ0n) is 11.1. The highest BCUT2D eigenvalue weighted by atomic mass is 16.3. The Labute approximate surface area is 112 Å². The highest BCUT2D eigenvalue weighted by Crippen LogP contribution is 2.27. The van der Waals surface area contributed by atoms with Gasteiger partial charge in [0.2, 0.25) is 5.91 Å². The molecule has 104 valence electrons. The van der Waals surface area contributed by atoms with Gasteiger partial charge in [-0.15, -0.1) is 0 Å². The number of phenols is 2. The van der Waals surface area contributed by atoms with E-state index in [2.05, 4.69) is 5.32 Å². The van der Waals surface area contributed by atoms with Crippen molar-refractivity contribution in [3.63, 3.8) is 0 Å². The first-order valence-corrected chi connectivity index (χ1v) is 6.61. The summed E-state index contributed by atoms with van der Waals surface area (Å²) in [5, 5.41) is 22.2. The zero-order chi connectivity index (χ0) is 13.8. The van der Waals surface area contributed by atoms with Gasteiger partial charge in [0.15, 0.2) is 0 Å². The van der Waals surface area contributed by atoms with Crippen molar-refractivity contribution in [3.05, 3.63) is 23.8 Å². The van der Waals surface area contributed by atoms with Gasteiger partial charge in [-0.05, 0) is 38.0 Å². The number of hydrogen-bond acceptors (Lipinski definition) is 4. The normalized spacial score (nSPS) is 16.6. The van der Waals surface area contributed by atoms with Crippen LogP contribution in [0, 0.1) is 0 Å².